The summed E-state index contributed by atoms with van der Waals surface area (Å²) in [5, 5.41) is 4.05. The van der Waals surface area contributed by atoms with Crippen molar-refractivity contribution in [3.63, 3.8) is 0 Å². The Balaban J connectivity index is 2.19. The van der Waals surface area contributed by atoms with Gasteiger partial charge in [0.2, 0.25) is 0 Å². The molecule has 0 atom stereocenters. The third-order valence-corrected chi connectivity index (χ3v) is 3.72. The molecule has 3 nitrogen and oxygen atoms in total. The quantitative estimate of drug-likeness (QED) is 0.864. The fourth-order valence-corrected chi connectivity index (χ4v) is 2.48. The van der Waals surface area contributed by atoms with Crippen molar-refractivity contribution >= 4 is 23.0 Å². The number of nitrogens with zero attached hydrogens (tertiary/aromatic N) is 1. The van der Waals surface area contributed by atoms with Crippen molar-refractivity contribution in [1.29, 1.82) is 0 Å². The molecule has 4 heteroatoms. The minimum absolute atomic E-state index is 0.753. The minimum Gasteiger partial charge on any atom is -0.497 e. The van der Waals surface area contributed by atoms with Crippen molar-refractivity contribution < 1.29 is 4.74 Å². The molecule has 0 aliphatic heterocycles. The second kappa shape index (κ2) is 7.34. The maximum atomic E-state index is 6.42. The molecule has 1 N–H and O–H groups in total. The van der Waals surface area contributed by atoms with Crippen LogP contribution in [0.15, 0.2) is 42.5 Å². The average molecular weight is 305 g/mol. The van der Waals surface area contributed by atoms with Gasteiger partial charge in [-0.1, -0.05) is 24.6 Å². The lowest BCUT2D eigenvalue weighted by molar-refractivity contribution is 0.415. The molecule has 0 aromatic heterocycles. The molecule has 0 saturated heterocycles. The lowest BCUT2D eigenvalue weighted by Gasteiger charge is -2.21. The van der Waals surface area contributed by atoms with Gasteiger partial charge in [-0.25, -0.2) is 0 Å². The summed E-state index contributed by atoms with van der Waals surface area (Å²) in [6.45, 7) is 3.88. The van der Waals surface area contributed by atoms with Gasteiger partial charge in [-0.05, 0) is 48.5 Å². The maximum Gasteiger partial charge on any atom is 0.119 e. The van der Waals surface area contributed by atoms with Gasteiger partial charge in [-0.15, -0.1) is 0 Å². The van der Waals surface area contributed by atoms with Crippen molar-refractivity contribution in [2.45, 2.75) is 13.5 Å². The van der Waals surface area contributed by atoms with Crippen molar-refractivity contribution in [2.75, 3.05) is 25.6 Å². The van der Waals surface area contributed by atoms with E-state index < -0.39 is 0 Å². The number of rotatable bonds is 6. The van der Waals surface area contributed by atoms with Crippen LogP contribution in [0.5, 0.6) is 5.75 Å². The molecule has 0 aliphatic rings. The molecule has 2 aromatic rings. The Morgan fingerprint density at radius 1 is 1.14 bits per heavy atom. The van der Waals surface area contributed by atoms with Crippen LogP contribution in [0.1, 0.15) is 12.5 Å². The fourth-order valence-electron chi connectivity index (χ4n) is 2.15. The molecule has 0 aliphatic carbocycles. The van der Waals surface area contributed by atoms with Crippen LogP contribution in [-0.4, -0.2) is 20.7 Å². The van der Waals surface area contributed by atoms with Gasteiger partial charge in [0.15, 0.2) is 0 Å². The Hall–Kier alpha value is -1.71. The zero-order chi connectivity index (χ0) is 15.2. The smallest absolute Gasteiger partial charge is 0.119 e. The van der Waals surface area contributed by atoms with E-state index in [0.717, 1.165) is 35.2 Å². The Bertz CT molecular complexity index is 584. The maximum absolute atomic E-state index is 6.42. The number of hydrogen-bond acceptors (Lipinski definition) is 3. The summed E-state index contributed by atoms with van der Waals surface area (Å²) in [5.41, 5.74) is 3.24. The first-order valence-electron chi connectivity index (χ1n) is 7.02. The van der Waals surface area contributed by atoms with Crippen molar-refractivity contribution in [3.8, 4) is 5.75 Å². The van der Waals surface area contributed by atoms with Crippen molar-refractivity contribution in [1.82, 2.24) is 5.32 Å². The van der Waals surface area contributed by atoms with Gasteiger partial charge < -0.3 is 15.0 Å². The van der Waals surface area contributed by atoms with Gasteiger partial charge in [0.25, 0.3) is 0 Å². The highest BCUT2D eigenvalue weighted by Gasteiger charge is 2.09. The summed E-state index contributed by atoms with van der Waals surface area (Å²) in [4.78, 5) is 2.07. The molecule has 0 saturated carbocycles. The molecule has 0 bridgehead atoms. The number of nitrogens with one attached hydrogen (secondary N) is 1. The first-order chi connectivity index (χ1) is 10.2. The predicted molar refractivity (Wildman–Crippen MR) is 89.9 cm³/mol. The van der Waals surface area contributed by atoms with E-state index in [1.165, 1.54) is 5.56 Å². The number of ether oxygens (including phenoxy) is 1. The summed E-state index contributed by atoms with van der Waals surface area (Å²) >= 11 is 6.42. The molecule has 0 radical (unpaired) electrons. The third-order valence-electron chi connectivity index (χ3n) is 3.41. The van der Waals surface area contributed by atoms with Gasteiger partial charge in [0, 0.05) is 19.3 Å². The summed E-state index contributed by atoms with van der Waals surface area (Å²) in [7, 11) is 3.67. The fraction of sp³-hybridized carbons (Fsp3) is 0.294. The Labute approximate surface area is 131 Å². The van der Waals surface area contributed by atoms with E-state index in [-0.39, 0.29) is 0 Å². The van der Waals surface area contributed by atoms with E-state index in [9.17, 15) is 0 Å². The molecule has 0 heterocycles. The Morgan fingerprint density at radius 2 is 1.86 bits per heavy atom. The van der Waals surface area contributed by atoms with Crippen LogP contribution in [0.4, 0.5) is 11.4 Å². The van der Waals surface area contributed by atoms with Crippen LogP contribution in [0.2, 0.25) is 5.02 Å². The first-order valence-corrected chi connectivity index (χ1v) is 7.40. The van der Waals surface area contributed by atoms with Gasteiger partial charge >= 0.3 is 0 Å². The number of methoxy groups -OCH3 is 1. The molecule has 21 heavy (non-hydrogen) atoms. The molecular formula is C17H21ClN2O. The number of halogens is 1. The minimum atomic E-state index is 0.753. The lowest BCUT2D eigenvalue weighted by Crippen LogP contribution is -2.13. The summed E-state index contributed by atoms with van der Waals surface area (Å²) in [5.74, 6) is 0.847. The molecule has 2 rings (SSSR count). The molecule has 0 spiro atoms. The van der Waals surface area contributed by atoms with E-state index in [2.05, 4.69) is 29.3 Å². The van der Waals surface area contributed by atoms with E-state index in [1.54, 1.807) is 7.11 Å². The number of hydrogen-bond donors (Lipinski definition) is 1. The second-order valence-corrected chi connectivity index (χ2v) is 5.23. The van der Waals surface area contributed by atoms with Crippen LogP contribution < -0.4 is 15.0 Å². The normalized spacial score (nSPS) is 10.5. The van der Waals surface area contributed by atoms with Gasteiger partial charge in [-0.3, -0.25) is 0 Å². The molecule has 0 amide bonds. The van der Waals surface area contributed by atoms with E-state index in [0.29, 0.717) is 0 Å². The van der Waals surface area contributed by atoms with Crippen LogP contribution in [-0.2, 0) is 6.54 Å². The summed E-state index contributed by atoms with van der Waals surface area (Å²) in [6.07, 6.45) is 0. The van der Waals surface area contributed by atoms with Crippen LogP contribution >= 0.6 is 11.6 Å². The highest BCUT2D eigenvalue weighted by atomic mass is 35.5. The Morgan fingerprint density at radius 3 is 2.43 bits per heavy atom. The largest absolute Gasteiger partial charge is 0.497 e. The predicted octanol–water partition coefficient (Wildman–Crippen LogP) is 4.23. The zero-order valence-corrected chi connectivity index (χ0v) is 13.4. The zero-order valence-electron chi connectivity index (χ0n) is 12.7. The average Bonchev–Trinajstić information content (AvgIpc) is 2.52. The van der Waals surface area contributed by atoms with Crippen LogP contribution in [0.25, 0.3) is 0 Å². The monoisotopic (exact) mass is 304 g/mol. The summed E-state index contributed by atoms with van der Waals surface area (Å²) in [6, 6.07) is 14.1. The molecule has 0 fully saturated rings. The number of anilines is 2. The Kier molecular flexibility index (Phi) is 5.48. The molecule has 2 aromatic carbocycles. The van der Waals surface area contributed by atoms with Gasteiger partial charge in [-0.2, -0.15) is 0 Å². The standard InChI is InChI=1S/C17H21ClN2O/c1-4-19-12-13-5-10-17(16(18)11-13)20(2)14-6-8-15(21-3)9-7-14/h5-11,19H,4,12H2,1-3H3. The SMILES string of the molecule is CCNCc1ccc(N(C)c2ccc(OC)cc2)c(Cl)c1. The van der Waals surface area contributed by atoms with E-state index in [1.807, 2.05) is 37.4 Å². The molecular weight excluding hydrogens is 284 g/mol. The van der Waals surface area contributed by atoms with E-state index in [4.69, 9.17) is 16.3 Å². The van der Waals surface area contributed by atoms with Gasteiger partial charge in [0.05, 0.1) is 17.8 Å². The highest BCUT2D eigenvalue weighted by Crippen LogP contribution is 2.32. The molecule has 112 valence electrons. The van der Waals surface area contributed by atoms with Gasteiger partial charge in [0.1, 0.15) is 5.75 Å². The number of benzene rings is 2. The second-order valence-electron chi connectivity index (χ2n) is 4.82. The summed E-state index contributed by atoms with van der Waals surface area (Å²) < 4.78 is 5.18. The van der Waals surface area contributed by atoms with Crippen LogP contribution in [0.3, 0.4) is 0 Å². The lowest BCUT2D eigenvalue weighted by atomic mass is 10.1. The first kappa shape index (κ1) is 15.7. The highest BCUT2D eigenvalue weighted by molar-refractivity contribution is 6.33. The van der Waals surface area contributed by atoms with E-state index >= 15 is 0 Å². The molecule has 0 unspecified atom stereocenters. The topological polar surface area (TPSA) is 24.5 Å². The third kappa shape index (κ3) is 3.90. The van der Waals surface area contributed by atoms with Crippen molar-refractivity contribution in [3.05, 3.63) is 53.1 Å². The van der Waals surface area contributed by atoms with Crippen molar-refractivity contribution in [2.24, 2.45) is 0 Å². The van der Waals surface area contributed by atoms with Crippen LogP contribution in [0, 0.1) is 0 Å².